The first kappa shape index (κ1) is 25.1. The number of hydrogen-bond donors (Lipinski definition) is 2. The molecule has 2 aliphatic heterocycles. The lowest BCUT2D eigenvalue weighted by Crippen LogP contribution is -2.40. The van der Waals surface area contributed by atoms with Crippen molar-refractivity contribution in [2.75, 3.05) is 24.7 Å². The van der Waals surface area contributed by atoms with Gasteiger partial charge in [0.25, 0.3) is 11.5 Å². The van der Waals surface area contributed by atoms with Gasteiger partial charge in [-0.1, -0.05) is 18.2 Å². The highest BCUT2D eigenvalue weighted by Gasteiger charge is 2.25. The van der Waals surface area contributed by atoms with Crippen LogP contribution in [-0.2, 0) is 24.1 Å². The summed E-state index contributed by atoms with van der Waals surface area (Å²) >= 11 is 0. The fraction of sp³-hybridized carbons (Fsp3) is 0.462. The summed E-state index contributed by atoms with van der Waals surface area (Å²) in [6.07, 6.45) is 8.68. The normalized spacial score (nSPS) is 17.9. The van der Waals surface area contributed by atoms with Crippen molar-refractivity contribution in [3.8, 4) is 0 Å². The van der Waals surface area contributed by atoms with Crippen LogP contribution in [0.15, 0.2) is 41.2 Å². The Balaban J connectivity index is 0.00000306. The molecule has 7 heteroatoms. The molecule has 0 spiro atoms. The van der Waals surface area contributed by atoms with E-state index in [2.05, 4.69) is 40.3 Å². The minimum absolute atomic E-state index is 0. The SMILES string of the molecule is CCN(c1cccc2c1C/C=C\CCc1cc(C)[nH]c(=O)c1CNC2=O)C1CCOCC1.Cl. The quantitative estimate of drug-likeness (QED) is 0.661. The van der Waals surface area contributed by atoms with Gasteiger partial charge in [-0.2, -0.15) is 0 Å². The zero-order chi connectivity index (χ0) is 22.5. The smallest absolute Gasteiger partial charge is 0.253 e. The molecule has 1 amide bonds. The number of aryl methyl sites for hydroxylation is 2. The van der Waals surface area contributed by atoms with Crippen molar-refractivity contribution in [2.45, 2.75) is 58.5 Å². The molecule has 0 aliphatic carbocycles. The number of aromatic nitrogens is 1. The summed E-state index contributed by atoms with van der Waals surface area (Å²) in [4.78, 5) is 31.1. The van der Waals surface area contributed by atoms with Crippen molar-refractivity contribution >= 4 is 24.0 Å². The van der Waals surface area contributed by atoms with Crippen LogP contribution >= 0.6 is 12.4 Å². The Labute approximate surface area is 201 Å². The zero-order valence-corrected chi connectivity index (χ0v) is 20.3. The lowest BCUT2D eigenvalue weighted by atomic mass is 9.96. The van der Waals surface area contributed by atoms with Crippen LogP contribution in [-0.4, -0.2) is 36.7 Å². The van der Waals surface area contributed by atoms with E-state index in [0.717, 1.165) is 68.0 Å². The Morgan fingerprint density at radius 2 is 1.91 bits per heavy atom. The van der Waals surface area contributed by atoms with E-state index in [1.165, 1.54) is 0 Å². The molecule has 1 aromatic heterocycles. The fourth-order valence-electron chi connectivity index (χ4n) is 4.92. The third-order valence-corrected chi connectivity index (χ3v) is 6.54. The predicted molar refractivity (Wildman–Crippen MR) is 135 cm³/mol. The van der Waals surface area contributed by atoms with Gasteiger partial charge in [-0.15, -0.1) is 12.4 Å². The Kier molecular flexibility index (Phi) is 8.75. The summed E-state index contributed by atoms with van der Waals surface area (Å²) in [6.45, 7) is 6.74. The third-order valence-electron chi connectivity index (χ3n) is 6.54. The number of nitrogens with one attached hydrogen (secondary N) is 2. The van der Waals surface area contributed by atoms with Gasteiger partial charge in [-0.3, -0.25) is 9.59 Å². The monoisotopic (exact) mass is 471 g/mol. The van der Waals surface area contributed by atoms with E-state index >= 15 is 0 Å². The van der Waals surface area contributed by atoms with Gasteiger partial charge in [-0.05, 0) is 75.3 Å². The van der Waals surface area contributed by atoms with Gasteiger partial charge in [0.15, 0.2) is 0 Å². The van der Waals surface area contributed by atoms with Crippen LogP contribution in [0, 0.1) is 6.92 Å². The van der Waals surface area contributed by atoms with Gasteiger partial charge in [0.2, 0.25) is 0 Å². The number of H-pyrrole nitrogens is 1. The number of nitrogens with zero attached hydrogens (tertiary/aromatic N) is 1. The summed E-state index contributed by atoms with van der Waals surface area (Å²) < 4.78 is 5.57. The Bertz CT molecular complexity index is 1060. The molecule has 2 aromatic rings. The van der Waals surface area contributed by atoms with Crippen molar-refractivity contribution in [2.24, 2.45) is 0 Å². The second kappa shape index (κ2) is 11.5. The van der Waals surface area contributed by atoms with Crippen LogP contribution in [0.2, 0.25) is 0 Å². The number of hydrogen-bond acceptors (Lipinski definition) is 4. The summed E-state index contributed by atoms with van der Waals surface area (Å²) in [6, 6.07) is 8.43. The topological polar surface area (TPSA) is 74.4 Å². The molecule has 0 atom stereocenters. The summed E-state index contributed by atoms with van der Waals surface area (Å²) in [5.41, 5.74) is 5.24. The zero-order valence-electron chi connectivity index (χ0n) is 19.5. The molecule has 0 saturated carbocycles. The van der Waals surface area contributed by atoms with Crippen molar-refractivity contribution in [3.63, 3.8) is 0 Å². The molecular formula is C26H34ClN3O3. The highest BCUT2D eigenvalue weighted by molar-refractivity contribution is 5.97. The second-order valence-corrected chi connectivity index (χ2v) is 8.61. The Morgan fingerprint density at radius 3 is 2.67 bits per heavy atom. The van der Waals surface area contributed by atoms with E-state index in [-0.39, 0.29) is 30.4 Å². The van der Waals surface area contributed by atoms with Crippen LogP contribution < -0.4 is 15.8 Å². The largest absolute Gasteiger partial charge is 0.381 e. The van der Waals surface area contributed by atoms with Gasteiger partial charge < -0.3 is 19.9 Å². The summed E-state index contributed by atoms with van der Waals surface area (Å²) in [5.74, 6) is -0.134. The summed E-state index contributed by atoms with van der Waals surface area (Å²) in [7, 11) is 0. The average molecular weight is 472 g/mol. The molecule has 0 unspecified atom stereocenters. The Hall–Kier alpha value is -2.57. The van der Waals surface area contributed by atoms with E-state index in [0.29, 0.717) is 23.6 Å². The molecule has 6 nitrogen and oxygen atoms in total. The number of carbonyl (C=O) groups is 1. The molecule has 2 aliphatic rings. The van der Waals surface area contributed by atoms with E-state index in [1.807, 2.05) is 25.1 Å². The number of benzene rings is 1. The van der Waals surface area contributed by atoms with E-state index < -0.39 is 0 Å². The van der Waals surface area contributed by atoms with Gasteiger partial charge in [0, 0.05) is 54.9 Å². The highest BCUT2D eigenvalue weighted by atomic mass is 35.5. The van der Waals surface area contributed by atoms with E-state index in [1.54, 1.807) is 0 Å². The van der Waals surface area contributed by atoms with Crippen LogP contribution in [0.25, 0.3) is 0 Å². The number of ether oxygens (including phenoxy) is 1. The number of amides is 1. The van der Waals surface area contributed by atoms with E-state index in [9.17, 15) is 9.59 Å². The molecule has 1 saturated heterocycles. The number of fused-ring (bicyclic) bond motifs is 2. The molecule has 178 valence electrons. The molecule has 3 heterocycles. The van der Waals surface area contributed by atoms with Crippen molar-refractivity contribution in [1.82, 2.24) is 10.3 Å². The molecule has 1 aromatic carbocycles. The minimum Gasteiger partial charge on any atom is -0.381 e. The number of allylic oxidation sites excluding steroid dienone is 2. The molecule has 33 heavy (non-hydrogen) atoms. The van der Waals surface area contributed by atoms with Gasteiger partial charge in [0.05, 0.1) is 0 Å². The number of anilines is 1. The predicted octanol–water partition coefficient (Wildman–Crippen LogP) is 4.09. The maximum atomic E-state index is 13.3. The van der Waals surface area contributed by atoms with Crippen LogP contribution in [0.5, 0.6) is 0 Å². The lowest BCUT2D eigenvalue weighted by Gasteiger charge is -2.37. The molecular weight excluding hydrogens is 438 g/mol. The van der Waals surface area contributed by atoms with Gasteiger partial charge >= 0.3 is 0 Å². The Morgan fingerprint density at radius 1 is 1.12 bits per heavy atom. The number of aromatic amines is 1. The fourth-order valence-corrected chi connectivity index (χ4v) is 4.92. The second-order valence-electron chi connectivity index (χ2n) is 8.61. The van der Waals surface area contributed by atoms with Gasteiger partial charge in [0.1, 0.15) is 0 Å². The molecule has 0 bridgehead atoms. The average Bonchev–Trinajstić information content (AvgIpc) is 2.79. The van der Waals surface area contributed by atoms with Crippen molar-refractivity contribution in [3.05, 3.63) is 74.7 Å². The maximum Gasteiger partial charge on any atom is 0.253 e. The first-order valence-corrected chi connectivity index (χ1v) is 11.7. The van der Waals surface area contributed by atoms with Crippen LogP contribution in [0.4, 0.5) is 5.69 Å². The third kappa shape index (κ3) is 5.68. The first-order valence-electron chi connectivity index (χ1n) is 11.7. The van der Waals surface area contributed by atoms with E-state index in [4.69, 9.17) is 4.74 Å². The number of halogens is 1. The first-order chi connectivity index (χ1) is 15.6. The van der Waals surface area contributed by atoms with Crippen molar-refractivity contribution in [1.29, 1.82) is 0 Å². The number of rotatable bonds is 3. The number of pyridine rings is 1. The highest BCUT2D eigenvalue weighted by Crippen LogP contribution is 2.30. The minimum atomic E-state index is -0.134. The maximum absolute atomic E-state index is 13.3. The van der Waals surface area contributed by atoms with Gasteiger partial charge in [-0.25, -0.2) is 0 Å². The van der Waals surface area contributed by atoms with Crippen LogP contribution in [0.1, 0.15) is 58.9 Å². The molecule has 4 rings (SSSR count). The van der Waals surface area contributed by atoms with Crippen LogP contribution in [0.3, 0.4) is 0 Å². The molecule has 0 radical (unpaired) electrons. The molecule has 2 N–H and O–H groups in total. The van der Waals surface area contributed by atoms with Crippen molar-refractivity contribution < 1.29 is 9.53 Å². The molecule has 1 fully saturated rings. The lowest BCUT2D eigenvalue weighted by molar-refractivity contribution is 0.0845. The standard InChI is InChI=1S/C26H33N3O3.ClH/c1-3-29(20-12-14-32-15-13-20)24-11-7-10-22-21(24)9-6-4-5-8-19-16-18(2)28-26(31)23(19)17-27-25(22)30;/h4,6-7,10-11,16,20H,3,5,8-9,12-15,17H2,1-2H3,(H,27,30)(H,28,31);1H/b6-4-;. The number of carbonyl (C=O) groups excluding carboxylic acids is 1. The summed E-state index contributed by atoms with van der Waals surface area (Å²) in [5, 5.41) is 3.02.